The predicted octanol–water partition coefficient (Wildman–Crippen LogP) is 0.411. The van der Waals surface area contributed by atoms with E-state index in [-0.39, 0.29) is 12.1 Å². The Morgan fingerprint density at radius 1 is 1.36 bits per heavy atom. The lowest BCUT2D eigenvalue weighted by Crippen LogP contribution is -2.56. The van der Waals surface area contributed by atoms with Gasteiger partial charge in [-0.2, -0.15) is 0 Å². The van der Waals surface area contributed by atoms with E-state index in [2.05, 4.69) is 11.9 Å². The lowest BCUT2D eigenvalue weighted by Gasteiger charge is -2.46. The number of carbonyl (C=O) groups excluding carboxylic acids is 1. The first kappa shape index (κ1) is 9.93. The lowest BCUT2D eigenvalue weighted by molar-refractivity contribution is -0.157. The molecule has 0 aliphatic carbocycles. The van der Waals surface area contributed by atoms with Gasteiger partial charge in [-0.3, -0.25) is 9.69 Å². The van der Waals surface area contributed by atoms with Crippen molar-refractivity contribution in [3.8, 4) is 0 Å². The number of hydrogen-bond donors (Lipinski definition) is 0. The maximum Gasteiger partial charge on any atom is 0.302 e. The van der Waals surface area contributed by atoms with Crippen molar-refractivity contribution < 1.29 is 14.3 Å². The van der Waals surface area contributed by atoms with E-state index in [1.54, 1.807) is 0 Å². The molecule has 2 bridgehead atoms. The molecule has 0 spiro atoms. The van der Waals surface area contributed by atoms with Crippen molar-refractivity contribution in [1.29, 1.82) is 0 Å². The maximum absolute atomic E-state index is 10.8. The van der Waals surface area contributed by atoms with Crippen molar-refractivity contribution >= 4 is 5.97 Å². The molecule has 0 amide bonds. The van der Waals surface area contributed by atoms with Crippen molar-refractivity contribution in [1.82, 2.24) is 4.90 Å². The van der Waals surface area contributed by atoms with E-state index in [1.807, 2.05) is 0 Å². The molecule has 0 N–H and O–H groups in total. The first-order valence-electron chi connectivity index (χ1n) is 5.13. The summed E-state index contributed by atoms with van der Waals surface area (Å²) < 4.78 is 10.7. The summed E-state index contributed by atoms with van der Waals surface area (Å²) in [6, 6.07) is 0.846. The summed E-state index contributed by atoms with van der Waals surface area (Å²) in [5, 5.41) is 0. The van der Waals surface area contributed by atoms with Crippen LogP contribution in [0.2, 0.25) is 0 Å². The quantitative estimate of drug-likeness (QED) is 0.573. The second-order valence-electron chi connectivity index (χ2n) is 4.21. The number of ether oxygens (including phenoxy) is 2. The average Bonchev–Trinajstić information content (AvgIpc) is 2.05. The third kappa shape index (κ3) is 1.91. The van der Waals surface area contributed by atoms with Crippen LogP contribution in [0.1, 0.15) is 19.8 Å². The molecule has 2 saturated heterocycles. The Bertz CT molecular complexity index is 217. The highest BCUT2D eigenvalue weighted by molar-refractivity contribution is 5.66. The van der Waals surface area contributed by atoms with Gasteiger partial charge in [0.15, 0.2) is 0 Å². The maximum atomic E-state index is 10.8. The van der Waals surface area contributed by atoms with E-state index in [0.717, 1.165) is 26.1 Å². The fraction of sp³-hybridized carbons (Fsp3) is 0.900. The van der Waals surface area contributed by atoms with Crippen LogP contribution in [0.4, 0.5) is 0 Å². The Balaban J connectivity index is 1.97. The SMILES string of the molecule is CC(=O)OC1CC2COCC(C1)N2C. The minimum absolute atomic E-state index is 0.0996. The van der Waals surface area contributed by atoms with Crippen LogP contribution in [0.15, 0.2) is 0 Å². The van der Waals surface area contributed by atoms with E-state index >= 15 is 0 Å². The molecule has 2 unspecified atom stereocenters. The molecule has 4 heteroatoms. The number of fused-ring (bicyclic) bond motifs is 2. The van der Waals surface area contributed by atoms with Crippen LogP contribution in [0.5, 0.6) is 0 Å². The Hall–Kier alpha value is -0.610. The first-order valence-corrected chi connectivity index (χ1v) is 5.13. The molecule has 0 radical (unpaired) electrons. The van der Waals surface area contributed by atoms with Gasteiger partial charge in [-0.05, 0) is 7.05 Å². The molecule has 0 saturated carbocycles. The van der Waals surface area contributed by atoms with Crippen molar-refractivity contribution in [2.45, 2.75) is 38.0 Å². The number of likely N-dealkylation sites (N-methyl/N-ethyl adjacent to an activating group) is 1. The van der Waals surface area contributed by atoms with Gasteiger partial charge in [-0.25, -0.2) is 0 Å². The molecular formula is C10H17NO3. The fourth-order valence-electron chi connectivity index (χ4n) is 2.38. The zero-order valence-electron chi connectivity index (χ0n) is 8.73. The summed E-state index contributed by atoms with van der Waals surface area (Å²) in [6.07, 6.45) is 1.92. The number of carbonyl (C=O) groups is 1. The summed E-state index contributed by atoms with van der Waals surface area (Å²) in [7, 11) is 2.13. The number of rotatable bonds is 1. The molecule has 0 aromatic rings. The highest BCUT2D eigenvalue weighted by Crippen LogP contribution is 2.27. The number of nitrogens with zero attached hydrogens (tertiary/aromatic N) is 1. The molecular weight excluding hydrogens is 182 g/mol. The van der Waals surface area contributed by atoms with Crippen LogP contribution in [-0.2, 0) is 14.3 Å². The van der Waals surface area contributed by atoms with Crippen molar-refractivity contribution in [2.24, 2.45) is 0 Å². The van der Waals surface area contributed by atoms with E-state index in [0.29, 0.717) is 12.1 Å². The molecule has 2 fully saturated rings. The Morgan fingerprint density at radius 3 is 2.43 bits per heavy atom. The summed E-state index contributed by atoms with van der Waals surface area (Å²) in [5.74, 6) is -0.168. The topological polar surface area (TPSA) is 38.8 Å². The van der Waals surface area contributed by atoms with E-state index < -0.39 is 0 Å². The lowest BCUT2D eigenvalue weighted by atomic mass is 9.92. The zero-order chi connectivity index (χ0) is 10.1. The molecule has 2 heterocycles. The highest BCUT2D eigenvalue weighted by Gasteiger charge is 2.37. The molecule has 4 nitrogen and oxygen atoms in total. The van der Waals surface area contributed by atoms with Gasteiger partial charge < -0.3 is 9.47 Å². The fourth-order valence-corrected chi connectivity index (χ4v) is 2.38. The second kappa shape index (κ2) is 3.87. The zero-order valence-corrected chi connectivity index (χ0v) is 8.73. The molecule has 0 aromatic heterocycles. The van der Waals surface area contributed by atoms with Gasteiger partial charge in [0, 0.05) is 31.8 Å². The number of morpholine rings is 1. The number of piperidine rings is 1. The monoisotopic (exact) mass is 199 g/mol. The van der Waals surface area contributed by atoms with Gasteiger partial charge in [0.05, 0.1) is 13.2 Å². The Labute approximate surface area is 84.2 Å². The minimum atomic E-state index is -0.168. The van der Waals surface area contributed by atoms with Gasteiger partial charge >= 0.3 is 5.97 Å². The van der Waals surface area contributed by atoms with Crippen LogP contribution >= 0.6 is 0 Å². The highest BCUT2D eigenvalue weighted by atomic mass is 16.5. The van der Waals surface area contributed by atoms with Crippen LogP contribution in [0, 0.1) is 0 Å². The van der Waals surface area contributed by atoms with Crippen molar-refractivity contribution in [2.75, 3.05) is 20.3 Å². The van der Waals surface area contributed by atoms with Crippen LogP contribution in [0.25, 0.3) is 0 Å². The third-order valence-corrected chi connectivity index (χ3v) is 3.17. The van der Waals surface area contributed by atoms with Crippen LogP contribution in [-0.4, -0.2) is 49.3 Å². The second-order valence-corrected chi connectivity index (χ2v) is 4.21. The Morgan fingerprint density at radius 2 is 1.93 bits per heavy atom. The van der Waals surface area contributed by atoms with Gasteiger partial charge in [-0.15, -0.1) is 0 Å². The summed E-state index contributed by atoms with van der Waals surface area (Å²) in [4.78, 5) is 13.2. The molecule has 0 aromatic carbocycles. The molecule has 2 rings (SSSR count). The van der Waals surface area contributed by atoms with E-state index in [4.69, 9.17) is 9.47 Å². The van der Waals surface area contributed by atoms with Crippen molar-refractivity contribution in [3.63, 3.8) is 0 Å². The van der Waals surface area contributed by atoms with Gasteiger partial charge in [-0.1, -0.05) is 0 Å². The third-order valence-electron chi connectivity index (χ3n) is 3.17. The van der Waals surface area contributed by atoms with Gasteiger partial charge in [0.1, 0.15) is 6.10 Å². The predicted molar refractivity (Wildman–Crippen MR) is 50.9 cm³/mol. The average molecular weight is 199 g/mol. The molecule has 14 heavy (non-hydrogen) atoms. The normalized spacial score (nSPS) is 38.0. The van der Waals surface area contributed by atoms with Gasteiger partial charge in [0.2, 0.25) is 0 Å². The number of esters is 1. The van der Waals surface area contributed by atoms with Crippen LogP contribution < -0.4 is 0 Å². The standard InChI is InChI=1S/C10H17NO3/c1-7(12)14-10-3-8-5-13-6-9(4-10)11(8)2/h8-10H,3-6H2,1-2H3. The van der Waals surface area contributed by atoms with Crippen LogP contribution in [0.3, 0.4) is 0 Å². The minimum Gasteiger partial charge on any atom is -0.462 e. The smallest absolute Gasteiger partial charge is 0.302 e. The largest absolute Gasteiger partial charge is 0.462 e. The summed E-state index contributed by atoms with van der Waals surface area (Å²) >= 11 is 0. The van der Waals surface area contributed by atoms with E-state index in [1.165, 1.54) is 6.92 Å². The number of hydrogen-bond acceptors (Lipinski definition) is 4. The molecule has 80 valence electrons. The molecule has 2 aliphatic rings. The van der Waals surface area contributed by atoms with Gasteiger partial charge in [0.25, 0.3) is 0 Å². The molecule has 2 atom stereocenters. The summed E-state index contributed by atoms with van der Waals surface area (Å²) in [6.45, 7) is 3.01. The van der Waals surface area contributed by atoms with E-state index in [9.17, 15) is 4.79 Å². The summed E-state index contributed by atoms with van der Waals surface area (Å²) in [5.41, 5.74) is 0. The molecule has 2 aliphatic heterocycles. The van der Waals surface area contributed by atoms with Crippen molar-refractivity contribution in [3.05, 3.63) is 0 Å². The Kier molecular flexibility index (Phi) is 2.74. The first-order chi connectivity index (χ1) is 6.66.